The fourth-order valence-electron chi connectivity index (χ4n) is 2.39. The summed E-state index contributed by atoms with van der Waals surface area (Å²) in [5.41, 5.74) is 1.28. The second-order valence-corrected chi connectivity index (χ2v) is 9.23. The summed E-state index contributed by atoms with van der Waals surface area (Å²) in [6.45, 7) is 7.38. The maximum Gasteiger partial charge on any atom is 1.00 e. The van der Waals surface area contributed by atoms with E-state index in [-0.39, 0.29) is 60.7 Å². The van der Waals surface area contributed by atoms with Gasteiger partial charge in [-0.05, 0) is 95.4 Å². The van der Waals surface area contributed by atoms with Crippen LogP contribution in [0.4, 0.5) is 0 Å². The van der Waals surface area contributed by atoms with Gasteiger partial charge in [-0.2, -0.15) is 0 Å². The van der Waals surface area contributed by atoms with Gasteiger partial charge in [0.25, 0.3) is 0 Å². The van der Waals surface area contributed by atoms with Crippen LogP contribution in [0.2, 0.25) is 0 Å². The first-order valence-electron chi connectivity index (χ1n) is 10.9. The van der Waals surface area contributed by atoms with Gasteiger partial charge in [0.1, 0.15) is 17.3 Å². The van der Waals surface area contributed by atoms with Crippen molar-refractivity contribution in [3.8, 4) is 11.5 Å². The van der Waals surface area contributed by atoms with E-state index in [0.717, 1.165) is 24.2 Å². The summed E-state index contributed by atoms with van der Waals surface area (Å²) in [6, 6.07) is 10.6. The molecular formula is C26H33I2NaO7. The van der Waals surface area contributed by atoms with Crippen molar-refractivity contribution >= 4 is 68.5 Å². The van der Waals surface area contributed by atoms with Crippen molar-refractivity contribution in [2.24, 2.45) is 0 Å². The minimum absolute atomic E-state index is 0. The fraction of sp³-hybridized carbons (Fsp3) is 0.385. The second kappa shape index (κ2) is 21.0. The third kappa shape index (κ3) is 14.7. The van der Waals surface area contributed by atoms with Crippen LogP contribution in [0.25, 0.3) is 0 Å². The topological polar surface area (TPSA) is 96.0 Å². The number of Topliss-reactive ketones (excluding diaryl/α,β-unsaturated/α-hetero) is 3. The van der Waals surface area contributed by atoms with Gasteiger partial charge in [0.2, 0.25) is 0 Å². The average Bonchev–Trinajstić information content (AvgIpc) is 2.84. The zero-order valence-electron chi connectivity index (χ0n) is 22.9. The molecule has 0 unspecified atom stereocenters. The molecule has 0 N–H and O–H groups in total. The maximum absolute atomic E-state index is 11.7. The van der Waals surface area contributed by atoms with Crippen molar-refractivity contribution in [2.75, 3.05) is 20.8 Å². The summed E-state index contributed by atoms with van der Waals surface area (Å²) >= 11 is 4.24. The van der Waals surface area contributed by atoms with Crippen molar-refractivity contribution in [3.63, 3.8) is 0 Å². The van der Waals surface area contributed by atoms with Crippen molar-refractivity contribution < 1.29 is 64.4 Å². The molecule has 2 aromatic carbocycles. The van der Waals surface area contributed by atoms with E-state index in [9.17, 15) is 19.2 Å². The molecule has 0 bridgehead atoms. The predicted octanol–water partition coefficient (Wildman–Crippen LogP) is 3.43. The summed E-state index contributed by atoms with van der Waals surface area (Å²) in [7, 11) is 3.20. The molecule has 0 atom stereocenters. The Morgan fingerprint density at radius 3 is 1.61 bits per heavy atom. The molecule has 7 nitrogen and oxygen atoms in total. The van der Waals surface area contributed by atoms with Crippen LogP contribution in [0, 0.1) is 7.14 Å². The quantitative estimate of drug-likeness (QED) is 0.128. The molecule has 0 saturated carbocycles. The Morgan fingerprint density at radius 1 is 0.806 bits per heavy atom. The molecule has 10 heteroatoms. The van der Waals surface area contributed by atoms with E-state index in [2.05, 4.69) is 49.9 Å². The van der Waals surface area contributed by atoms with Crippen molar-refractivity contribution in [1.29, 1.82) is 0 Å². The number of esters is 1. The van der Waals surface area contributed by atoms with Gasteiger partial charge in [-0.1, -0.05) is 13.8 Å². The number of hydrogen-bond donors (Lipinski definition) is 0. The van der Waals surface area contributed by atoms with Gasteiger partial charge in [0.05, 0.1) is 34.4 Å². The second-order valence-electron chi connectivity index (χ2n) is 6.91. The summed E-state index contributed by atoms with van der Waals surface area (Å²) in [6.07, 6.45) is 0.867. The SMILES string of the molecule is CCC(=O)CC(=O)c1ccc(OC)c(I)c1.CCOC(=O)CC.COc1ccc(C(C)=O)cc1I.[H-].[Na+]. The van der Waals surface area contributed by atoms with Gasteiger partial charge in [0, 0.05) is 24.0 Å². The van der Waals surface area contributed by atoms with Gasteiger partial charge in [-0.3, -0.25) is 19.2 Å². The molecule has 2 rings (SSSR count). The Bertz CT molecular complexity index is 1020. The fourth-order valence-corrected chi connectivity index (χ4v) is 3.87. The molecule has 0 aliphatic heterocycles. The number of carbonyl (C=O) groups is 4. The molecule has 36 heavy (non-hydrogen) atoms. The molecular weight excluding hydrogens is 701 g/mol. The predicted molar refractivity (Wildman–Crippen MR) is 154 cm³/mol. The molecule has 0 spiro atoms. The van der Waals surface area contributed by atoms with Crippen LogP contribution in [-0.4, -0.2) is 44.1 Å². The van der Waals surface area contributed by atoms with Crippen LogP contribution < -0.4 is 39.0 Å². The summed E-state index contributed by atoms with van der Waals surface area (Å²) in [5.74, 6) is 1.33. The van der Waals surface area contributed by atoms with Crippen LogP contribution in [0.1, 0.15) is 69.1 Å². The van der Waals surface area contributed by atoms with Gasteiger partial charge in [0.15, 0.2) is 11.6 Å². The number of rotatable bonds is 9. The van der Waals surface area contributed by atoms with E-state index >= 15 is 0 Å². The molecule has 194 valence electrons. The Kier molecular flexibility index (Phi) is 21.6. The molecule has 0 heterocycles. The molecule has 0 aromatic heterocycles. The van der Waals surface area contributed by atoms with E-state index in [1.54, 1.807) is 72.2 Å². The first-order valence-corrected chi connectivity index (χ1v) is 13.1. The molecule has 0 aliphatic carbocycles. The summed E-state index contributed by atoms with van der Waals surface area (Å²) < 4.78 is 16.5. The number of hydrogen-bond acceptors (Lipinski definition) is 7. The van der Waals surface area contributed by atoms with Gasteiger partial charge >= 0.3 is 35.5 Å². The van der Waals surface area contributed by atoms with Crippen molar-refractivity contribution in [1.82, 2.24) is 0 Å². The van der Waals surface area contributed by atoms with Crippen molar-refractivity contribution in [3.05, 3.63) is 54.7 Å². The van der Waals surface area contributed by atoms with E-state index in [1.165, 1.54) is 0 Å². The minimum Gasteiger partial charge on any atom is -1.00 e. The van der Waals surface area contributed by atoms with E-state index in [4.69, 9.17) is 9.47 Å². The van der Waals surface area contributed by atoms with Gasteiger partial charge < -0.3 is 15.6 Å². The normalized spacial score (nSPS) is 9.22. The molecule has 0 aliphatic rings. The zero-order chi connectivity index (χ0) is 27.0. The number of carbonyl (C=O) groups excluding carboxylic acids is 4. The molecule has 0 radical (unpaired) electrons. The zero-order valence-corrected chi connectivity index (χ0v) is 28.2. The van der Waals surface area contributed by atoms with Crippen LogP contribution >= 0.6 is 45.2 Å². The Balaban J connectivity index is -0.000000490. The average molecular weight is 734 g/mol. The van der Waals surface area contributed by atoms with Crippen LogP contribution in [0.5, 0.6) is 11.5 Å². The van der Waals surface area contributed by atoms with Crippen molar-refractivity contribution in [2.45, 2.75) is 47.0 Å². The van der Waals surface area contributed by atoms with Gasteiger partial charge in [-0.15, -0.1) is 0 Å². The third-order valence-corrected chi connectivity index (χ3v) is 6.06. The summed E-state index contributed by atoms with van der Waals surface area (Å²) in [4.78, 5) is 44.0. The number of benzene rings is 2. The number of ketones is 3. The Labute approximate surface area is 264 Å². The maximum atomic E-state index is 11.7. The number of methoxy groups -OCH3 is 2. The van der Waals surface area contributed by atoms with Crippen LogP contribution in [-0.2, 0) is 14.3 Å². The number of halogens is 2. The van der Waals surface area contributed by atoms with Gasteiger partial charge in [-0.25, -0.2) is 0 Å². The van der Waals surface area contributed by atoms with E-state index < -0.39 is 0 Å². The third-order valence-electron chi connectivity index (χ3n) is 4.38. The Hall–Kier alpha value is -1.02. The molecule has 0 amide bonds. The monoisotopic (exact) mass is 734 g/mol. The largest absolute Gasteiger partial charge is 1.00 e. The van der Waals surface area contributed by atoms with E-state index in [0.29, 0.717) is 25.0 Å². The smallest absolute Gasteiger partial charge is 1.00 e. The summed E-state index contributed by atoms with van der Waals surface area (Å²) in [5, 5.41) is 0. The standard InChI is InChI=1S/C12H13IO3.C9H9IO2.C5H10O2.Na.H/c1-3-9(14)7-11(15)8-4-5-12(16-2)10(13)6-8;1-6(11)7-3-4-9(12-2)8(10)5-7;1-3-5(6)7-4-2;;/h4-6H,3,7H2,1-2H3;3-5H,1-2H3;3-4H2,1-2H3;;/q;;;+1;-1. The van der Waals surface area contributed by atoms with Crippen LogP contribution in [0.3, 0.4) is 0 Å². The first-order chi connectivity index (χ1) is 16.5. The molecule has 0 fully saturated rings. The van der Waals surface area contributed by atoms with Crippen LogP contribution in [0.15, 0.2) is 36.4 Å². The number of ether oxygens (including phenoxy) is 3. The first kappa shape index (κ1) is 37.1. The Morgan fingerprint density at radius 2 is 1.28 bits per heavy atom. The molecule has 2 aromatic rings. The van der Waals surface area contributed by atoms with E-state index in [1.807, 2.05) is 6.07 Å². The molecule has 0 saturated heterocycles. The minimum atomic E-state index is -0.132.